The highest BCUT2D eigenvalue weighted by atomic mass is 16.5. The smallest absolute Gasteiger partial charge is 0.244 e. The monoisotopic (exact) mass is 359 g/mol. The third-order valence-electron chi connectivity index (χ3n) is 4.34. The second-order valence-corrected chi connectivity index (χ2v) is 6.72. The lowest BCUT2D eigenvalue weighted by atomic mass is 10.0. The Balaban J connectivity index is 2.12. The van der Waals surface area contributed by atoms with Gasteiger partial charge in [0.2, 0.25) is 5.91 Å². The van der Waals surface area contributed by atoms with Crippen molar-refractivity contribution in [3.63, 3.8) is 0 Å². The Bertz CT molecular complexity index is 802. The summed E-state index contributed by atoms with van der Waals surface area (Å²) in [4.78, 5) is 12.2. The highest BCUT2D eigenvalue weighted by molar-refractivity contribution is 5.97. The molecule has 2 aromatic rings. The highest BCUT2D eigenvalue weighted by Crippen LogP contribution is 2.34. The topological polar surface area (TPSA) is 60.7 Å². The van der Waals surface area contributed by atoms with Gasteiger partial charge in [-0.15, -0.1) is 0 Å². The summed E-state index contributed by atoms with van der Waals surface area (Å²) in [7, 11) is 1.62. The predicted octanol–water partition coefficient (Wildman–Crippen LogP) is 4.39. The molecule has 2 rings (SSSR count). The average molecular weight is 359 g/mol. The normalized spacial score (nSPS) is 12.0. The minimum Gasteiger partial charge on any atom is -0.496 e. The van der Waals surface area contributed by atoms with Crippen LogP contribution in [0, 0.1) is 13.8 Å². The maximum atomic E-state index is 12.2. The van der Waals surface area contributed by atoms with Crippen molar-refractivity contribution < 1.29 is 18.7 Å². The van der Waals surface area contributed by atoms with Gasteiger partial charge in [-0.05, 0) is 58.2 Å². The molecular formula is C21H29NO4. The molecule has 0 unspecified atom stereocenters. The molecule has 0 aliphatic heterocycles. The van der Waals surface area contributed by atoms with Crippen LogP contribution in [0.2, 0.25) is 0 Å². The first-order valence-electron chi connectivity index (χ1n) is 8.99. The summed E-state index contributed by atoms with van der Waals surface area (Å²) < 4.78 is 16.7. The summed E-state index contributed by atoms with van der Waals surface area (Å²) in [5, 5.41) is 3.93. The zero-order valence-corrected chi connectivity index (χ0v) is 16.6. The summed E-state index contributed by atoms with van der Waals surface area (Å²) in [5.41, 5.74) is 3.63. The van der Waals surface area contributed by atoms with E-state index in [0.717, 1.165) is 39.9 Å². The molecule has 0 atom stereocenters. The van der Waals surface area contributed by atoms with Crippen LogP contribution in [0.5, 0.6) is 5.75 Å². The minimum absolute atomic E-state index is 0.116. The maximum absolute atomic E-state index is 12.2. The molecule has 0 saturated heterocycles. The molecule has 0 aliphatic carbocycles. The zero-order chi connectivity index (χ0) is 19.3. The maximum Gasteiger partial charge on any atom is 0.244 e. The Labute approximate surface area is 155 Å². The van der Waals surface area contributed by atoms with Gasteiger partial charge >= 0.3 is 0 Å². The molecule has 0 aliphatic rings. The number of allylic oxidation sites excluding steroid dienone is 1. The number of carbonyl (C=O) groups is 1. The molecule has 0 bridgehead atoms. The van der Waals surface area contributed by atoms with Crippen molar-refractivity contribution in [1.82, 2.24) is 5.32 Å². The van der Waals surface area contributed by atoms with Gasteiger partial charge in [-0.3, -0.25) is 4.79 Å². The summed E-state index contributed by atoms with van der Waals surface area (Å²) in [6, 6.07) is 3.90. The van der Waals surface area contributed by atoms with Gasteiger partial charge in [-0.25, -0.2) is 0 Å². The first kappa shape index (κ1) is 20.0. The first-order valence-corrected chi connectivity index (χ1v) is 8.99. The van der Waals surface area contributed by atoms with Gasteiger partial charge in [0.25, 0.3) is 0 Å². The zero-order valence-electron chi connectivity index (χ0n) is 16.6. The van der Waals surface area contributed by atoms with Crippen LogP contribution in [0.15, 0.2) is 22.6 Å². The predicted molar refractivity (Wildman–Crippen MR) is 105 cm³/mol. The number of methoxy groups -OCH3 is 1. The number of furan rings is 1. The van der Waals surface area contributed by atoms with E-state index in [1.54, 1.807) is 13.2 Å². The van der Waals surface area contributed by atoms with E-state index in [9.17, 15) is 4.79 Å². The van der Waals surface area contributed by atoms with E-state index in [4.69, 9.17) is 13.9 Å². The third-order valence-corrected chi connectivity index (χ3v) is 4.34. The summed E-state index contributed by atoms with van der Waals surface area (Å²) in [6.07, 6.45) is 2.61. The van der Waals surface area contributed by atoms with E-state index in [-0.39, 0.29) is 12.0 Å². The van der Waals surface area contributed by atoms with Crippen LogP contribution in [0.4, 0.5) is 0 Å². The van der Waals surface area contributed by atoms with Crippen molar-refractivity contribution >= 4 is 22.4 Å². The van der Waals surface area contributed by atoms with Gasteiger partial charge in [-0.2, -0.15) is 0 Å². The molecule has 0 fully saturated rings. The molecule has 5 heteroatoms. The van der Waals surface area contributed by atoms with Crippen molar-refractivity contribution in [3.05, 3.63) is 35.1 Å². The van der Waals surface area contributed by atoms with E-state index >= 15 is 0 Å². The van der Waals surface area contributed by atoms with E-state index in [1.807, 2.05) is 46.8 Å². The number of rotatable bonds is 8. The number of nitrogens with one attached hydrogen (secondary N) is 1. The van der Waals surface area contributed by atoms with Crippen molar-refractivity contribution in [1.29, 1.82) is 0 Å². The largest absolute Gasteiger partial charge is 0.496 e. The molecule has 1 aromatic carbocycles. The van der Waals surface area contributed by atoms with E-state index in [0.29, 0.717) is 18.9 Å². The summed E-state index contributed by atoms with van der Waals surface area (Å²) in [6.45, 7) is 11.1. The summed E-state index contributed by atoms with van der Waals surface area (Å²) >= 11 is 0. The molecule has 1 amide bonds. The van der Waals surface area contributed by atoms with E-state index in [1.165, 1.54) is 0 Å². The summed E-state index contributed by atoms with van der Waals surface area (Å²) in [5.74, 6) is 1.47. The van der Waals surface area contributed by atoms with Gasteiger partial charge in [0.1, 0.15) is 17.1 Å². The van der Waals surface area contributed by atoms with Crippen LogP contribution < -0.4 is 10.1 Å². The van der Waals surface area contributed by atoms with Crippen LogP contribution >= 0.6 is 0 Å². The lowest BCUT2D eigenvalue weighted by molar-refractivity contribution is -0.116. The van der Waals surface area contributed by atoms with Crippen molar-refractivity contribution in [2.75, 3.05) is 20.3 Å². The van der Waals surface area contributed by atoms with Crippen LogP contribution in [0.1, 0.15) is 44.1 Å². The van der Waals surface area contributed by atoms with Crippen molar-refractivity contribution in [2.24, 2.45) is 0 Å². The van der Waals surface area contributed by atoms with Gasteiger partial charge < -0.3 is 19.2 Å². The Kier molecular flexibility index (Phi) is 6.86. The standard InChI is InChI=1S/C21H29NO4/c1-13(2)25-9-7-8-22-21(23)10-14(3)17-11-18-15(4)16(5)26-20(18)12-19(17)24-6/h10-13H,7-9H2,1-6H3,(H,22,23)/b14-10+. The molecule has 142 valence electrons. The number of amides is 1. The molecule has 1 N–H and O–H groups in total. The minimum atomic E-state index is -0.116. The molecule has 0 radical (unpaired) electrons. The van der Waals surface area contributed by atoms with Crippen LogP contribution in [0.3, 0.4) is 0 Å². The number of carbonyl (C=O) groups excluding carboxylic acids is 1. The fourth-order valence-corrected chi connectivity index (χ4v) is 2.78. The number of hydrogen-bond donors (Lipinski definition) is 1. The fourth-order valence-electron chi connectivity index (χ4n) is 2.78. The Morgan fingerprint density at radius 3 is 2.69 bits per heavy atom. The quantitative estimate of drug-likeness (QED) is 0.561. The molecule has 0 spiro atoms. The molecule has 26 heavy (non-hydrogen) atoms. The number of benzene rings is 1. The molecular weight excluding hydrogens is 330 g/mol. The average Bonchev–Trinajstić information content (AvgIpc) is 2.86. The SMILES string of the molecule is COc1cc2oc(C)c(C)c2cc1/C(C)=C/C(=O)NCCCOC(C)C. The Morgan fingerprint density at radius 2 is 2.04 bits per heavy atom. The van der Waals surface area contributed by atoms with Gasteiger partial charge in [-0.1, -0.05) is 0 Å². The third kappa shape index (κ3) is 4.88. The fraction of sp³-hybridized carbons (Fsp3) is 0.476. The van der Waals surface area contributed by atoms with Crippen LogP contribution in [0.25, 0.3) is 16.5 Å². The van der Waals surface area contributed by atoms with Crippen LogP contribution in [-0.4, -0.2) is 32.3 Å². The highest BCUT2D eigenvalue weighted by Gasteiger charge is 2.14. The van der Waals surface area contributed by atoms with E-state index < -0.39 is 0 Å². The Morgan fingerprint density at radius 1 is 1.31 bits per heavy atom. The van der Waals surface area contributed by atoms with Gasteiger partial charge in [0, 0.05) is 36.2 Å². The number of hydrogen-bond acceptors (Lipinski definition) is 4. The molecule has 5 nitrogen and oxygen atoms in total. The number of fused-ring (bicyclic) bond motifs is 1. The Hall–Kier alpha value is -2.27. The number of ether oxygens (including phenoxy) is 2. The first-order chi connectivity index (χ1) is 12.3. The molecule has 1 aromatic heterocycles. The second kappa shape index (κ2) is 8.90. The second-order valence-electron chi connectivity index (χ2n) is 6.72. The van der Waals surface area contributed by atoms with E-state index in [2.05, 4.69) is 5.32 Å². The van der Waals surface area contributed by atoms with Gasteiger partial charge in [0.05, 0.1) is 13.2 Å². The molecule has 0 saturated carbocycles. The molecule has 1 heterocycles. The number of aryl methyl sites for hydroxylation is 2. The lowest BCUT2D eigenvalue weighted by Crippen LogP contribution is -2.23. The van der Waals surface area contributed by atoms with Gasteiger partial charge in [0.15, 0.2) is 0 Å². The van der Waals surface area contributed by atoms with Crippen molar-refractivity contribution in [3.8, 4) is 5.75 Å². The lowest BCUT2D eigenvalue weighted by Gasteiger charge is -2.10. The van der Waals surface area contributed by atoms with Crippen molar-refractivity contribution in [2.45, 2.75) is 47.1 Å². The van der Waals surface area contributed by atoms with Crippen LogP contribution in [-0.2, 0) is 9.53 Å².